The van der Waals surface area contributed by atoms with E-state index in [9.17, 15) is 14.7 Å². The number of carboxylic acid groups (broad SMARTS) is 1. The summed E-state index contributed by atoms with van der Waals surface area (Å²) in [5.74, 6) is -2.42. The Morgan fingerprint density at radius 3 is 2.57 bits per heavy atom. The summed E-state index contributed by atoms with van der Waals surface area (Å²) in [5.41, 5.74) is 2.09. The monoisotopic (exact) mass is 284 g/mol. The van der Waals surface area contributed by atoms with Crippen molar-refractivity contribution in [3.63, 3.8) is 0 Å². The number of hydrogen-bond donors (Lipinski definition) is 0. The van der Waals surface area contributed by atoms with E-state index in [1.807, 2.05) is 36.4 Å². The lowest BCUT2D eigenvalue weighted by Gasteiger charge is -2.36. The molecule has 2 atom stereocenters. The Bertz CT molecular complexity index is 593. The predicted octanol–water partition coefficient (Wildman–Crippen LogP) is 1.30. The summed E-state index contributed by atoms with van der Waals surface area (Å²) in [5, 5.41) is 11.3. The molecule has 0 fully saturated rings. The van der Waals surface area contributed by atoms with Crippen LogP contribution in [0.15, 0.2) is 36.4 Å². The third-order valence-corrected chi connectivity index (χ3v) is 4.43. The number of amides is 1. The normalized spacial score (nSPS) is 24.5. The zero-order chi connectivity index (χ0) is 14.8. The van der Waals surface area contributed by atoms with Gasteiger partial charge in [0.05, 0.1) is 5.92 Å². The Balaban J connectivity index is 1.89. The quantitative estimate of drug-likeness (QED) is 0.769. The molecule has 4 nitrogen and oxygen atoms in total. The van der Waals surface area contributed by atoms with Crippen molar-refractivity contribution in [3.8, 4) is 0 Å². The third-order valence-electron chi connectivity index (χ3n) is 4.43. The molecular weight excluding hydrogens is 266 g/mol. The molecule has 0 saturated heterocycles. The third kappa shape index (κ3) is 2.58. The standard InChI is InChI=1S/C17H19NO3/c19-16(13-8-2-3-9-14(13)17(20)21)18-11-5-7-12-6-1-4-10-15(12)18/h1-4,6,10,13-14H,5,7-9,11H2,(H,20,21)/p-1. The number of allylic oxidation sites excluding steroid dienone is 2. The second-order valence-electron chi connectivity index (χ2n) is 5.70. The van der Waals surface area contributed by atoms with E-state index in [0.717, 1.165) is 24.1 Å². The van der Waals surface area contributed by atoms with Crippen molar-refractivity contribution in [1.29, 1.82) is 0 Å². The number of carbonyl (C=O) groups is 2. The molecule has 2 unspecified atom stereocenters. The molecule has 0 radical (unpaired) electrons. The molecule has 0 bridgehead atoms. The van der Waals surface area contributed by atoms with E-state index >= 15 is 0 Å². The summed E-state index contributed by atoms with van der Waals surface area (Å²) < 4.78 is 0. The predicted molar refractivity (Wildman–Crippen MR) is 77.5 cm³/mol. The fourth-order valence-corrected chi connectivity index (χ4v) is 3.31. The molecule has 1 aliphatic carbocycles. The Hall–Kier alpha value is -2.10. The number of benzene rings is 1. The van der Waals surface area contributed by atoms with Gasteiger partial charge in [-0.05, 0) is 37.3 Å². The first-order valence-corrected chi connectivity index (χ1v) is 7.43. The maximum Gasteiger partial charge on any atom is 0.231 e. The van der Waals surface area contributed by atoms with Gasteiger partial charge in [-0.3, -0.25) is 4.79 Å². The number of anilines is 1. The van der Waals surface area contributed by atoms with Gasteiger partial charge in [-0.15, -0.1) is 0 Å². The van der Waals surface area contributed by atoms with Crippen molar-refractivity contribution in [3.05, 3.63) is 42.0 Å². The van der Waals surface area contributed by atoms with Crippen LogP contribution < -0.4 is 10.0 Å². The molecular formula is C17H18NO3-. The number of aryl methyl sites for hydroxylation is 1. The summed E-state index contributed by atoms with van der Waals surface area (Å²) in [6.45, 7) is 0.663. The van der Waals surface area contributed by atoms with E-state index in [-0.39, 0.29) is 5.91 Å². The number of rotatable bonds is 2. The van der Waals surface area contributed by atoms with Crippen molar-refractivity contribution >= 4 is 17.6 Å². The van der Waals surface area contributed by atoms with E-state index < -0.39 is 17.8 Å². The Morgan fingerprint density at radius 1 is 1.10 bits per heavy atom. The Kier molecular flexibility index (Phi) is 3.78. The number of carboxylic acids is 1. The number of fused-ring (bicyclic) bond motifs is 1. The average Bonchev–Trinajstić information content (AvgIpc) is 2.53. The largest absolute Gasteiger partial charge is 0.550 e. The summed E-state index contributed by atoms with van der Waals surface area (Å²) in [4.78, 5) is 25.9. The summed E-state index contributed by atoms with van der Waals surface area (Å²) >= 11 is 0. The van der Waals surface area contributed by atoms with Gasteiger partial charge in [0.15, 0.2) is 0 Å². The van der Waals surface area contributed by atoms with Gasteiger partial charge in [0.2, 0.25) is 5.91 Å². The van der Waals surface area contributed by atoms with Gasteiger partial charge in [0.25, 0.3) is 0 Å². The van der Waals surface area contributed by atoms with Crippen molar-refractivity contribution in [2.75, 3.05) is 11.4 Å². The van der Waals surface area contributed by atoms with E-state index in [4.69, 9.17) is 0 Å². The highest BCUT2D eigenvalue weighted by Gasteiger charge is 2.34. The van der Waals surface area contributed by atoms with Crippen LogP contribution in [0.1, 0.15) is 24.8 Å². The minimum absolute atomic E-state index is 0.0827. The minimum atomic E-state index is -1.12. The van der Waals surface area contributed by atoms with Crippen molar-refractivity contribution in [2.45, 2.75) is 25.7 Å². The summed E-state index contributed by atoms with van der Waals surface area (Å²) in [6, 6.07) is 7.87. The van der Waals surface area contributed by atoms with Crippen LogP contribution >= 0.6 is 0 Å². The van der Waals surface area contributed by atoms with Gasteiger partial charge in [-0.25, -0.2) is 0 Å². The molecule has 1 heterocycles. The van der Waals surface area contributed by atoms with E-state index in [1.54, 1.807) is 4.90 Å². The molecule has 0 N–H and O–H groups in total. The molecule has 0 saturated carbocycles. The molecule has 1 aliphatic heterocycles. The first-order valence-electron chi connectivity index (χ1n) is 7.43. The van der Waals surface area contributed by atoms with E-state index in [2.05, 4.69) is 0 Å². The molecule has 1 aromatic carbocycles. The van der Waals surface area contributed by atoms with Crippen LogP contribution in [0.25, 0.3) is 0 Å². The summed E-state index contributed by atoms with van der Waals surface area (Å²) in [6.07, 6.45) is 6.48. The zero-order valence-corrected chi connectivity index (χ0v) is 11.8. The fourth-order valence-electron chi connectivity index (χ4n) is 3.31. The van der Waals surface area contributed by atoms with Crippen LogP contribution in [-0.2, 0) is 16.0 Å². The van der Waals surface area contributed by atoms with Crippen LogP contribution in [0.5, 0.6) is 0 Å². The SMILES string of the molecule is O=C([O-])C1CC=CCC1C(=O)N1CCCc2ccccc21. The van der Waals surface area contributed by atoms with Gasteiger partial charge < -0.3 is 14.8 Å². The number of aliphatic carboxylic acids is 1. The van der Waals surface area contributed by atoms with Gasteiger partial charge >= 0.3 is 0 Å². The van der Waals surface area contributed by atoms with Gasteiger partial charge in [0.1, 0.15) is 0 Å². The van der Waals surface area contributed by atoms with Gasteiger partial charge in [0, 0.05) is 24.1 Å². The Labute approximate surface area is 124 Å². The van der Waals surface area contributed by atoms with Crippen LogP contribution in [0.2, 0.25) is 0 Å². The number of hydrogen-bond acceptors (Lipinski definition) is 3. The highest BCUT2D eigenvalue weighted by molar-refractivity contribution is 5.98. The molecule has 110 valence electrons. The molecule has 21 heavy (non-hydrogen) atoms. The zero-order valence-electron chi connectivity index (χ0n) is 11.8. The highest BCUT2D eigenvalue weighted by atomic mass is 16.4. The fraction of sp³-hybridized carbons (Fsp3) is 0.412. The molecule has 0 spiro atoms. The maximum absolute atomic E-state index is 12.8. The number of para-hydroxylation sites is 1. The first-order chi connectivity index (χ1) is 10.2. The van der Waals surface area contributed by atoms with Crippen LogP contribution in [0.4, 0.5) is 5.69 Å². The molecule has 1 amide bonds. The van der Waals surface area contributed by atoms with Crippen molar-refractivity contribution in [1.82, 2.24) is 0 Å². The lowest BCUT2D eigenvalue weighted by molar-refractivity contribution is -0.313. The van der Waals surface area contributed by atoms with Crippen LogP contribution in [-0.4, -0.2) is 18.4 Å². The van der Waals surface area contributed by atoms with E-state index in [1.165, 1.54) is 0 Å². The van der Waals surface area contributed by atoms with Crippen molar-refractivity contribution < 1.29 is 14.7 Å². The molecule has 2 aliphatic rings. The second kappa shape index (κ2) is 5.72. The van der Waals surface area contributed by atoms with Crippen LogP contribution in [0.3, 0.4) is 0 Å². The summed E-state index contributed by atoms with van der Waals surface area (Å²) in [7, 11) is 0. The lowest BCUT2D eigenvalue weighted by atomic mass is 9.81. The van der Waals surface area contributed by atoms with Crippen molar-refractivity contribution in [2.24, 2.45) is 11.8 Å². The second-order valence-corrected chi connectivity index (χ2v) is 5.70. The lowest BCUT2D eigenvalue weighted by Crippen LogP contribution is -2.46. The minimum Gasteiger partial charge on any atom is -0.550 e. The highest BCUT2D eigenvalue weighted by Crippen LogP contribution is 2.32. The Morgan fingerprint density at radius 2 is 1.81 bits per heavy atom. The number of carbonyl (C=O) groups excluding carboxylic acids is 2. The topological polar surface area (TPSA) is 60.4 Å². The smallest absolute Gasteiger partial charge is 0.231 e. The first kappa shape index (κ1) is 13.9. The molecule has 4 heteroatoms. The maximum atomic E-state index is 12.8. The average molecular weight is 284 g/mol. The van der Waals surface area contributed by atoms with Crippen LogP contribution in [0, 0.1) is 11.8 Å². The molecule has 3 rings (SSSR count). The van der Waals surface area contributed by atoms with E-state index in [0.29, 0.717) is 19.4 Å². The molecule has 0 aromatic heterocycles. The number of nitrogens with zero attached hydrogens (tertiary/aromatic N) is 1. The van der Waals surface area contributed by atoms with Gasteiger partial charge in [-0.1, -0.05) is 30.4 Å². The van der Waals surface area contributed by atoms with Gasteiger partial charge in [-0.2, -0.15) is 0 Å². The molecule has 1 aromatic rings.